The van der Waals surface area contributed by atoms with Crippen LogP contribution in [0, 0.1) is 5.92 Å². The summed E-state index contributed by atoms with van der Waals surface area (Å²) in [6, 6.07) is 21.0. The predicted molar refractivity (Wildman–Crippen MR) is 109 cm³/mol. The van der Waals surface area contributed by atoms with Gasteiger partial charge in [0.05, 0.1) is 6.61 Å². The van der Waals surface area contributed by atoms with Crippen molar-refractivity contribution in [1.82, 2.24) is 0 Å². The van der Waals surface area contributed by atoms with Gasteiger partial charge in [0.1, 0.15) is 25.7 Å². The highest BCUT2D eigenvalue weighted by molar-refractivity contribution is 5.14. The lowest BCUT2D eigenvalue weighted by atomic mass is 9.95. The largest absolute Gasteiger partial charge is 0.385 e. The summed E-state index contributed by atoms with van der Waals surface area (Å²) in [5.74, 6) is 0.610. The highest BCUT2D eigenvalue weighted by Crippen LogP contribution is 2.18. The number of nitrogens with one attached hydrogen (secondary N) is 1. The van der Waals surface area contributed by atoms with E-state index in [-0.39, 0.29) is 0 Å². The maximum Gasteiger partial charge on any atom is 0.126 e. The summed E-state index contributed by atoms with van der Waals surface area (Å²) in [7, 11) is 0. The van der Waals surface area contributed by atoms with Gasteiger partial charge in [-0.05, 0) is 25.2 Å². The number of hydrogen-bond acceptors (Lipinski definition) is 2. The van der Waals surface area contributed by atoms with E-state index in [1.165, 1.54) is 22.4 Å². The van der Waals surface area contributed by atoms with Gasteiger partial charge >= 0.3 is 0 Å². The fourth-order valence-electron chi connectivity index (χ4n) is 3.75. The molecule has 1 aliphatic rings. The van der Waals surface area contributed by atoms with Gasteiger partial charge in [0, 0.05) is 17.7 Å². The number of aliphatic hydroxyl groups is 1. The third kappa shape index (κ3) is 7.30. The molecule has 0 amide bonds. The number of rotatable bonds is 10. The Morgan fingerprint density at radius 3 is 2.11 bits per heavy atom. The lowest BCUT2D eigenvalue weighted by molar-refractivity contribution is -0.930. The molecular formula is C24H32NO2+. The van der Waals surface area contributed by atoms with E-state index in [0.29, 0.717) is 19.1 Å². The molecular weight excluding hydrogens is 334 g/mol. The molecule has 2 aromatic carbocycles. The van der Waals surface area contributed by atoms with Gasteiger partial charge in [-0.25, -0.2) is 0 Å². The van der Waals surface area contributed by atoms with Crippen molar-refractivity contribution < 1.29 is 14.7 Å². The summed E-state index contributed by atoms with van der Waals surface area (Å²) in [5.41, 5.74) is 2.59. The van der Waals surface area contributed by atoms with Gasteiger partial charge in [-0.2, -0.15) is 0 Å². The minimum absolute atomic E-state index is 0.424. The summed E-state index contributed by atoms with van der Waals surface area (Å²) < 4.78 is 5.84. The Morgan fingerprint density at radius 2 is 1.56 bits per heavy atom. The second-order valence-corrected chi connectivity index (χ2v) is 7.62. The monoisotopic (exact) mass is 366 g/mol. The maximum absolute atomic E-state index is 10.5. The molecule has 1 aliphatic carbocycles. The smallest absolute Gasteiger partial charge is 0.126 e. The van der Waals surface area contributed by atoms with Gasteiger partial charge in [-0.15, -0.1) is 0 Å². The lowest BCUT2D eigenvalue weighted by Gasteiger charge is -2.23. The molecule has 0 radical (unpaired) electrons. The van der Waals surface area contributed by atoms with Crippen LogP contribution in [-0.2, 0) is 17.8 Å². The normalized spacial score (nSPS) is 17.9. The zero-order valence-electron chi connectivity index (χ0n) is 16.1. The van der Waals surface area contributed by atoms with Gasteiger partial charge in [-0.1, -0.05) is 72.8 Å². The molecule has 0 bridgehead atoms. The van der Waals surface area contributed by atoms with Gasteiger partial charge < -0.3 is 14.7 Å². The fourth-order valence-corrected chi connectivity index (χ4v) is 3.75. The van der Waals surface area contributed by atoms with Gasteiger partial charge in [0.2, 0.25) is 0 Å². The Kier molecular flexibility index (Phi) is 8.09. The Labute approximate surface area is 163 Å². The van der Waals surface area contributed by atoms with E-state index in [0.717, 1.165) is 32.5 Å². The van der Waals surface area contributed by atoms with Crippen LogP contribution in [-0.4, -0.2) is 31.0 Å². The lowest BCUT2D eigenvalue weighted by Crippen LogP contribution is -3.10. The quantitative estimate of drug-likeness (QED) is 0.634. The first-order chi connectivity index (χ1) is 13.3. The van der Waals surface area contributed by atoms with Crippen LogP contribution in [0.25, 0.3) is 0 Å². The van der Waals surface area contributed by atoms with Crippen molar-refractivity contribution in [3.05, 3.63) is 83.9 Å². The summed E-state index contributed by atoms with van der Waals surface area (Å²) in [4.78, 5) is 1.35. The van der Waals surface area contributed by atoms with Crippen molar-refractivity contribution in [2.45, 2.75) is 38.5 Å². The highest BCUT2D eigenvalue weighted by atomic mass is 16.5. The summed E-state index contributed by atoms with van der Waals surface area (Å²) in [6.45, 7) is 3.68. The number of benzene rings is 2. The SMILES string of the molecule is O[C@@H](COC[C@@H]1CC=CCC1)C[NH+](Cc1ccccc1)Cc1ccccc1. The minimum Gasteiger partial charge on any atom is -0.385 e. The van der Waals surface area contributed by atoms with Crippen LogP contribution in [0.5, 0.6) is 0 Å². The van der Waals surface area contributed by atoms with E-state index in [2.05, 4.69) is 60.7 Å². The second-order valence-electron chi connectivity index (χ2n) is 7.62. The van der Waals surface area contributed by atoms with Crippen molar-refractivity contribution in [1.29, 1.82) is 0 Å². The first kappa shape index (κ1) is 19.8. The zero-order valence-corrected chi connectivity index (χ0v) is 16.1. The molecule has 0 fully saturated rings. The third-order valence-electron chi connectivity index (χ3n) is 5.16. The molecule has 0 aliphatic heterocycles. The van der Waals surface area contributed by atoms with E-state index in [1.54, 1.807) is 0 Å². The molecule has 0 saturated carbocycles. The molecule has 0 saturated heterocycles. The van der Waals surface area contributed by atoms with Crippen LogP contribution < -0.4 is 4.90 Å². The van der Waals surface area contributed by atoms with Gasteiger partial charge in [0.25, 0.3) is 0 Å². The fraction of sp³-hybridized carbons (Fsp3) is 0.417. The molecule has 27 heavy (non-hydrogen) atoms. The van der Waals surface area contributed by atoms with Crippen molar-refractivity contribution in [3.8, 4) is 0 Å². The number of hydrogen-bond donors (Lipinski definition) is 2. The Morgan fingerprint density at radius 1 is 0.926 bits per heavy atom. The van der Waals surface area contributed by atoms with Gasteiger partial charge in [0.15, 0.2) is 0 Å². The van der Waals surface area contributed by atoms with Crippen LogP contribution in [0.3, 0.4) is 0 Å². The predicted octanol–water partition coefficient (Wildman–Crippen LogP) is 3.01. The highest BCUT2D eigenvalue weighted by Gasteiger charge is 2.18. The van der Waals surface area contributed by atoms with Crippen molar-refractivity contribution in [2.75, 3.05) is 19.8 Å². The molecule has 0 unspecified atom stereocenters. The van der Waals surface area contributed by atoms with E-state index < -0.39 is 6.10 Å². The minimum atomic E-state index is -0.438. The number of ether oxygens (including phenoxy) is 1. The Balaban J connectivity index is 1.50. The molecule has 144 valence electrons. The molecule has 3 nitrogen and oxygen atoms in total. The molecule has 2 aromatic rings. The molecule has 2 atom stereocenters. The first-order valence-corrected chi connectivity index (χ1v) is 10.1. The Hall–Kier alpha value is -1.94. The van der Waals surface area contributed by atoms with Crippen LogP contribution in [0.15, 0.2) is 72.8 Å². The summed E-state index contributed by atoms with van der Waals surface area (Å²) in [5, 5.41) is 10.5. The van der Waals surface area contributed by atoms with Crippen molar-refractivity contribution >= 4 is 0 Å². The zero-order chi connectivity index (χ0) is 18.7. The van der Waals surface area contributed by atoms with Crippen LogP contribution >= 0.6 is 0 Å². The molecule has 0 aromatic heterocycles. The third-order valence-corrected chi connectivity index (χ3v) is 5.16. The second kappa shape index (κ2) is 11.0. The molecule has 3 rings (SSSR count). The van der Waals surface area contributed by atoms with Crippen LogP contribution in [0.2, 0.25) is 0 Å². The molecule has 0 spiro atoms. The van der Waals surface area contributed by atoms with E-state index in [1.807, 2.05) is 12.1 Å². The van der Waals surface area contributed by atoms with Crippen LogP contribution in [0.4, 0.5) is 0 Å². The van der Waals surface area contributed by atoms with Gasteiger partial charge in [-0.3, -0.25) is 0 Å². The van der Waals surface area contributed by atoms with Crippen LogP contribution in [0.1, 0.15) is 30.4 Å². The van der Waals surface area contributed by atoms with Crippen molar-refractivity contribution in [3.63, 3.8) is 0 Å². The topological polar surface area (TPSA) is 33.9 Å². The Bertz CT molecular complexity index is 630. The average Bonchev–Trinajstić information content (AvgIpc) is 2.70. The van der Waals surface area contributed by atoms with E-state index in [4.69, 9.17) is 4.74 Å². The maximum atomic E-state index is 10.5. The standard InChI is InChI=1S/C24H31NO2/c26-24(20-27-19-23-14-8-3-9-15-23)18-25(16-21-10-4-1-5-11-21)17-22-12-6-2-7-13-22/h1-8,10-13,23-24,26H,9,14-20H2/p+1/t23-,24-/m1/s1. The summed E-state index contributed by atoms with van der Waals surface area (Å²) >= 11 is 0. The number of aliphatic hydroxyl groups excluding tert-OH is 1. The first-order valence-electron chi connectivity index (χ1n) is 10.1. The molecule has 2 N–H and O–H groups in total. The number of allylic oxidation sites excluding steroid dienone is 2. The molecule has 0 heterocycles. The molecule has 3 heteroatoms. The average molecular weight is 367 g/mol. The van der Waals surface area contributed by atoms with Crippen molar-refractivity contribution in [2.24, 2.45) is 5.92 Å². The summed E-state index contributed by atoms with van der Waals surface area (Å²) in [6.07, 6.45) is 7.52. The number of quaternary nitrogens is 1. The van der Waals surface area contributed by atoms with E-state index >= 15 is 0 Å². The van der Waals surface area contributed by atoms with E-state index in [9.17, 15) is 5.11 Å².